The van der Waals surface area contributed by atoms with Gasteiger partial charge in [0.05, 0.1) is 46.2 Å². The summed E-state index contributed by atoms with van der Waals surface area (Å²) in [5.74, 6) is 0.736. The van der Waals surface area contributed by atoms with E-state index in [1.807, 2.05) is 60.7 Å². The number of allylic oxidation sites excluding steroid dienone is 1. The Morgan fingerprint density at radius 3 is 2.63 bits per heavy atom. The third-order valence-corrected chi connectivity index (χ3v) is 8.17. The maximum absolute atomic E-state index is 14.0. The summed E-state index contributed by atoms with van der Waals surface area (Å²) in [6.07, 6.45) is 1.82. The number of methoxy groups -OCH3 is 2. The van der Waals surface area contributed by atoms with E-state index >= 15 is 0 Å². The standard InChI is InChI=1S/C29H25IN2O5S/c1-5-37-28(34)24-16(2)31-29-32(25(24)20-12-8-10-18-9-6-7-11-19(18)20)27(33)23(38-29)15-17-13-21(30)26(36-4)22(14-17)35-3/h6-15,25H,5H2,1-4H3/b23-15-/t25-/m1/s1. The zero-order valence-electron chi connectivity index (χ0n) is 21.3. The van der Waals surface area contributed by atoms with Crippen LogP contribution in [0, 0.1) is 3.57 Å². The third-order valence-electron chi connectivity index (χ3n) is 6.39. The molecule has 1 aliphatic heterocycles. The highest BCUT2D eigenvalue weighted by Gasteiger charge is 2.34. The predicted octanol–water partition coefficient (Wildman–Crippen LogP) is 4.57. The minimum absolute atomic E-state index is 0.222. The van der Waals surface area contributed by atoms with E-state index in [1.54, 1.807) is 32.6 Å². The lowest BCUT2D eigenvalue weighted by Crippen LogP contribution is -2.40. The largest absolute Gasteiger partial charge is 0.493 e. The number of hydrogen-bond acceptors (Lipinski definition) is 7. The van der Waals surface area contributed by atoms with Crippen LogP contribution < -0.4 is 24.4 Å². The first-order valence-corrected chi connectivity index (χ1v) is 13.9. The monoisotopic (exact) mass is 640 g/mol. The molecule has 0 spiro atoms. The number of esters is 1. The fourth-order valence-electron chi connectivity index (χ4n) is 4.75. The Balaban J connectivity index is 1.78. The van der Waals surface area contributed by atoms with Crippen molar-refractivity contribution in [1.82, 2.24) is 4.57 Å². The van der Waals surface area contributed by atoms with Crippen molar-refractivity contribution in [3.63, 3.8) is 0 Å². The molecule has 9 heteroatoms. The lowest BCUT2D eigenvalue weighted by molar-refractivity contribution is -0.139. The van der Waals surface area contributed by atoms with Gasteiger partial charge in [-0.2, -0.15) is 0 Å². The lowest BCUT2D eigenvalue weighted by atomic mass is 9.91. The number of halogens is 1. The molecule has 38 heavy (non-hydrogen) atoms. The average Bonchev–Trinajstić information content (AvgIpc) is 3.21. The Labute approximate surface area is 236 Å². The summed E-state index contributed by atoms with van der Waals surface area (Å²) in [6, 6.07) is 16.9. The Kier molecular flexibility index (Phi) is 7.40. The van der Waals surface area contributed by atoms with E-state index < -0.39 is 12.0 Å². The molecule has 0 aliphatic carbocycles. The second-order valence-electron chi connectivity index (χ2n) is 8.61. The van der Waals surface area contributed by atoms with Crippen LogP contribution in [0.5, 0.6) is 11.5 Å². The van der Waals surface area contributed by atoms with Gasteiger partial charge in [-0.1, -0.05) is 53.8 Å². The third kappa shape index (κ3) is 4.54. The minimum Gasteiger partial charge on any atom is -0.493 e. The summed E-state index contributed by atoms with van der Waals surface area (Å²) in [7, 11) is 3.17. The fourth-order valence-corrected chi connectivity index (χ4v) is 6.64. The van der Waals surface area contributed by atoms with Crippen LogP contribution in [0.3, 0.4) is 0 Å². The summed E-state index contributed by atoms with van der Waals surface area (Å²) in [5.41, 5.74) is 2.30. The van der Waals surface area contributed by atoms with Gasteiger partial charge in [-0.3, -0.25) is 9.36 Å². The molecule has 0 bridgehead atoms. The first-order chi connectivity index (χ1) is 18.4. The fraction of sp³-hybridized carbons (Fsp3) is 0.207. The van der Waals surface area contributed by atoms with Crippen molar-refractivity contribution in [3.8, 4) is 11.5 Å². The molecular formula is C29H25IN2O5S. The predicted molar refractivity (Wildman–Crippen MR) is 157 cm³/mol. The molecule has 2 heterocycles. The summed E-state index contributed by atoms with van der Waals surface area (Å²) in [6.45, 7) is 3.78. The molecule has 1 atom stereocenters. The molecule has 194 valence electrons. The molecule has 0 N–H and O–H groups in total. The smallest absolute Gasteiger partial charge is 0.338 e. The van der Waals surface area contributed by atoms with E-state index in [4.69, 9.17) is 14.2 Å². The Hall–Kier alpha value is -3.44. The van der Waals surface area contributed by atoms with E-state index in [-0.39, 0.29) is 12.2 Å². The molecule has 3 aromatic carbocycles. The van der Waals surface area contributed by atoms with Crippen LogP contribution in [0.2, 0.25) is 0 Å². The van der Waals surface area contributed by atoms with E-state index in [9.17, 15) is 9.59 Å². The van der Waals surface area contributed by atoms with Gasteiger partial charge in [0.1, 0.15) is 0 Å². The van der Waals surface area contributed by atoms with Crippen LogP contribution in [0.1, 0.15) is 31.0 Å². The van der Waals surface area contributed by atoms with Crippen molar-refractivity contribution in [1.29, 1.82) is 0 Å². The second-order valence-corrected chi connectivity index (χ2v) is 10.8. The zero-order valence-corrected chi connectivity index (χ0v) is 24.3. The van der Waals surface area contributed by atoms with Gasteiger partial charge in [0.15, 0.2) is 16.3 Å². The quantitative estimate of drug-likeness (QED) is 0.228. The molecule has 0 saturated carbocycles. The van der Waals surface area contributed by atoms with E-state index in [1.165, 1.54) is 11.3 Å². The number of carbonyl (C=O) groups excluding carboxylic acids is 1. The van der Waals surface area contributed by atoms with Crippen molar-refractivity contribution < 1.29 is 19.0 Å². The number of aromatic nitrogens is 1. The van der Waals surface area contributed by atoms with Crippen LogP contribution in [-0.4, -0.2) is 31.4 Å². The number of rotatable bonds is 6. The molecule has 0 unspecified atom stereocenters. The lowest BCUT2D eigenvalue weighted by Gasteiger charge is -2.25. The van der Waals surface area contributed by atoms with Crippen LogP contribution in [-0.2, 0) is 9.53 Å². The van der Waals surface area contributed by atoms with Gasteiger partial charge >= 0.3 is 5.97 Å². The first-order valence-electron chi connectivity index (χ1n) is 12.0. The van der Waals surface area contributed by atoms with Crippen LogP contribution in [0.4, 0.5) is 0 Å². The van der Waals surface area contributed by atoms with Crippen molar-refractivity contribution in [2.75, 3.05) is 20.8 Å². The van der Waals surface area contributed by atoms with Gasteiger partial charge in [0.25, 0.3) is 5.56 Å². The number of carbonyl (C=O) groups is 1. The highest BCUT2D eigenvalue weighted by molar-refractivity contribution is 14.1. The van der Waals surface area contributed by atoms with Crippen molar-refractivity contribution in [3.05, 3.63) is 100 Å². The molecule has 0 radical (unpaired) electrons. The van der Waals surface area contributed by atoms with Gasteiger partial charge in [-0.15, -0.1) is 0 Å². The molecule has 0 saturated heterocycles. The van der Waals surface area contributed by atoms with E-state index in [2.05, 4.69) is 27.6 Å². The Morgan fingerprint density at radius 2 is 1.89 bits per heavy atom. The maximum atomic E-state index is 14.0. The Morgan fingerprint density at radius 1 is 1.13 bits per heavy atom. The summed E-state index contributed by atoms with van der Waals surface area (Å²) in [5, 5.41) is 1.98. The number of thiazole rings is 1. The molecule has 1 aromatic heterocycles. The van der Waals surface area contributed by atoms with Crippen molar-refractivity contribution in [2.45, 2.75) is 19.9 Å². The summed E-state index contributed by atoms with van der Waals surface area (Å²) >= 11 is 3.47. The average molecular weight is 640 g/mol. The molecule has 7 nitrogen and oxygen atoms in total. The molecular weight excluding hydrogens is 615 g/mol. The van der Waals surface area contributed by atoms with Crippen LogP contribution in [0.15, 0.2) is 75.7 Å². The number of ether oxygens (including phenoxy) is 3. The van der Waals surface area contributed by atoms with Gasteiger partial charge in [0, 0.05) is 0 Å². The number of benzene rings is 3. The normalized spacial score (nSPS) is 15.3. The van der Waals surface area contributed by atoms with Gasteiger partial charge in [-0.25, -0.2) is 9.79 Å². The zero-order chi connectivity index (χ0) is 27.0. The molecule has 0 amide bonds. The maximum Gasteiger partial charge on any atom is 0.338 e. The SMILES string of the molecule is CCOC(=O)C1=C(C)N=c2s/c(=C\c3cc(I)c(OC)c(OC)c3)c(=O)n2[C@@H]1c1cccc2ccccc12. The molecule has 1 aliphatic rings. The summed E-state index contributed by atoms with van der Waals surface area (Å²) in [4.78, 5) is 32.4. The van der Waals surface area contributed by atoms with Gasteiger partial charge in [0.2, 0.25) is 0 Å². The van der Waals surface area contributed by atoms with Gasteiger partial charge in [-0.05, 0) is 76.5 Å². The highest BCUT2D eigenvalue weighted by atomic mass is 127. The van der Waals surface area contributed by atoms with Crippen LogP contribution in [0.25, 0.3) is 16.8 Å². The van der Waals surface area contributed by atoms with E-state index in [0.717, 1.165) is 25.5 Å². The highest BCUT2D eigenvalue weighted by Crippen LogP contribution is 2.35. The van der Waals surface area contributed by atoms with Crippen molar-refractivity contribution in [2.24, 2.45) is 4.99 Å². The molecule has 0 fully saturated rings. The van der Waals surface area contributed by atoms with Crippen molar-refractivity contribution >= 4 is 56.7 Å². The number of nitrogens with zero attached hydrogens (tertiary/aromatic N) is 2. The Bertz CT molecular complexity index is 1780. The summed E-state index contributed by atoms with van der Waals surface area (Å²) < 4.78 is 19.3. The molecule has 4 aromatic rings. The number of fused-ring (bicyclic) bond motifs is 2. The molecule has 5 rings (SSSR count). The minimum atomic E-state index is -0.677. The topological polar surface area (TPSA) is 79.1 Å². The van der Waals surface area contributed by atoms with Gasteiger partial charge < -0.3 is 14.2 Å². The first kappa shape index (κ1) is 26.2. The van der Waals surface area contributed by atoms with Crippen LogP contribution >= 0.6 is 33.9 Å². The number of hydrogen-bond donors (Lipinski definition) is 0. The second kappa shape index (κ2) is 10.7. The van der Waals surface area contributed by atoms with E-state index in [0.29, 0.717) is 32.1 Å².